The van der Waals surface area contributed by atoms with Gasteiger partial charge in [-0.2, -0.15) is 0 Å². The van der Waals surface area contributed by atoms with Gasteiger partial charge in [0, 0.05) is 28.6 Å². The molecule has 0 saturated carbocycles. The zero-order chi connectivity index (χ0) is 15.0. The van der Waals surface area contributed by atoms with Crippen molar-refractivity contribution in [2.24, 2.45) is 0 Å². The van der Waals surface area contributed by atoms with Crippen molar-refractivity contribution in [3.63, 3.8) is 0 Å². The second-order valence-corrected chi connectivity index (χ2v) is 4.83. The Balaban J connectivity index is 2.22. The van der Waals surface area contributed by atoms with Gasteiger partial charge in [-0.3, -0.25) is 14.9 Å². The molecule has 0 aliphatic rings. The van der Waals surface area contributed by atoms with E-state index in [4.69, 9.17) is 0 Å². The molecule has 5 nitrogen and oxygen atoms in total. The van der Waals surface area contributed by atoms with Crippen LogP contribution >= 0.6 is 0 Å². The van der Waals surface area contributed by atoms with Gasteiger partial charge in [-0.25, -0.2) is 0 Å². The molecular weight excluding hydrogens is 268 g/mol. The summed E-state index contributed by atoms with van der Waals surface area (Å²) in [6.07, 6.45) is 0.815. The van der Waals surface area contributed by atoms with E-state index in [9.17, 15) is 14.9 Å². The van der Waals surface area contributed by atoms with Gasteiger partial charge in [-0.05, 0) is 30.2 Å². The van der Waals surface area contributed by atoms with Crippen LogP contribution in [-0.4, -0.2) is 16.2 Å². The summed E-state index contributed by atoms with van der Waals surface area (Å²) in [5.74, 6) is 0. The van der Waals surface area contributed by atoms with Crippen molar-refractivity contribution in [3.05, 3.63) is 63.7 Å². The minimum atomic E-state index is -0.445. The molecule has 1 heterocycles. The first-order valence-electron chi connectivity index (χ1n) is 6.43. The third-order valence-corrected chi connectivity index (χ3v) is 3.57. The number of nitro benzene ring substituents is 1. The molecule has 0 unspecified atom stereocenters. The predicted molar refractivity (Wildman–Crippen MR) is 80.5 cm³/mol. The lowest BCUT2D eigenvalue weighted by Gasteiger charge is -1.99. The summed E-state index contributed by atoms with van der Waals surface area (Å²) in [5, 5.41) is 11.6. The maximum Gasteiger partial charge on any atom is 0.269 e. The van der Waals surface area contributed by atoms with Crippen LogP contribution in [0.2, 0.25) is 0 Å². The number of H-pyrrole nitrogens is 1. The van der Waals surface area contributed by atoms with E-state index >= 15 is 0 Å². The lowest BCUT2D eigenvalue weighted by molar-refractivity contribution is -0.384. The average Bonchev–Trinajstić information content (AvgIpc) is 2.87. The standard InChI is InChI=1S/C16H12N2O3/c1-10-3-2-4-13-14(9-19)16(17-15(10)13)11-5-7-12(8-6-11)18(20)21/h2-9,17H,1H3. The number of aldehydes is 1. The van der Waals surface area contributed by atoms with Crippen molar-refractivity contribution in [1.82, 2.24) is 4.98 Å². The molecule has 0 saturated heterocycles. The number of non-ortho nitro benzene ring substituents is 1. The molecule has 0 bridgehead atoms. The van der Waals surface area contributed by atoms with Gasteiger partial charge in [0.1, 0.15) is 0 Å². The number of nitrogens with one attached hydrogen (secondary N) is 1. The summed E-state index contributed by atoms with van der Waals surface area (Å²) < 4.78 is 0. The van der Waals surface area contributed by atoms with Gasteiger partial charge in [0.25, 0.3) is 5.69 Å². The zero-order valence-corrected chi connectivity index (χ0v) is 11.3. The fourth-order valence-corrected chi connectivity index (χ4v) is 2.49. The Morgan fingerprint density at radius 3 is 2.48 bits per heavy atom. The average molecular weight is 280 g/mol. The number of aromatic nitrogens is 1. The van der Waals surface area contributed by atoms with Crippen LogP contribution in [0.5, 0.6) is 0 Å². The van der Waals surface area contributed by atoms with Crippen molar-refractivity contribution < 1.29 is 9.72 Å². The highest BCUT2D eigenvalue weighted by atomic mass is 16.6. The predicted octanol–water partition coefficient (Wildman–Crippen LogP) is 3.86. The van der Waals surface area contributed by atoms with E-state index < -0.39 is 4.92 Å². The topological polar surface area (TPSA) is 76.0 Å². The van der Waals surface area contributed by atoms with Crippen molar-refractivity contribution in [3.8, 4) is 11.3 Å². The van der Waals surface area contributed by atoms with E-state index in [1.165, 1.54) is 12.1 Å². The van der Waals surface area contributed by atoms with Crippen LogP contribution in [0.25, 0.3) is 22.2 Å². The lowest BCUT2D eigenvalue weighted by Crippen LogP contribution is -1.88. The molecule has 21 heavy (non-hydrogen) atoms. The van der Waals surface area contributed by atoms with E-state index in [0.717, 1.165) is 28.3 Å². The summed E-state index contributed by atoms with van der Waals surface area (Å²) in [7, 11) is 0. The van der Waals surface area contributed by atoms with Crippen LogP contribution in [-0.2, 0) is 0 Å². The Bertz CT molecular complexity index is 848. The molecule has 0 fully saturated rings. The Labute approximate surface area is 120 Å². The van der Waals surface area contributed by atoms with Gasteiger partial charge >= 0.3 is 0 Å². The van der Waals surface area contributed by atoms with E-state index in [-0.39, 0.29) is 5.69 Å². The first kappa shape index (κ1) is 13.1. The Kier molecular flexibility index (Phi) is 3.02. The van der Waals surface area contributed by atoms with Gasteiger partial charge < -0.3 is 4.98 Å². The number of aromatic amines is 1. The summed E-state index contributed by atoms with van der Waals surface area (Å²) >= 11 is 0. The van der Waals surface area contributed by atoms with Crippen LogP contribution in [0.15, 0.2) is 42.5 Å². The molecule has 1 aromatic heterocycles. The molecule has 0 aliphatic heterocycles. The monoisotopic (exact) mass is 280 g/mol. The Morgan fingerprint density at radius 2 is 1.86 bits per heavy atom. The number of para-hydroxylation sites is 1. The van der Waals surface area contributed by atoms with Crippen LogP contribution in [0.1, 0.15) is 15.9 Å². The van der Waals surface area contributed by atoms with Crippen molar-refractivity contribution >= 4 is 22.9 Å². The fraction of sp³-hybridized carbons (Fsp3) is 0.0625. The van der Waals surface area contributed by atoms with Crippen molar-refractivity contribution in [1.29, 1.82) is 0 Å². The highest BCUT2D eigenvalue weighted by Crippen LogP contribution is 2.31. The zero-order valence-electron chi connectivity index (χ0n) is 11.3. The fourth-order valence-electron chi connectivity index (χ4n) is 2.49. The number of rotatable bonds is 3. The normalized spacial score (nSPS) is 10.7. The molecule has 3 aromatic rings. The van der Waals surface area contributed by atoms with Crippen molar-refractivity contribution in [2.45, 2.75) is 6.92 Å². The molecule has 104 valence electrons. The molecule has 0 amide bonds. The quantitative estimate of drug-likeness (QED) is 0.449. The highest BCUT2D eigenvalue weighted by molar-refractivity contribution is 6.05. The Morgan fingerprint density at radius 1 is 1.14 bits per heavy atom. The number of carbonyl (C=O) groups excluding carboxylic acids is 1. The number of carbonyl (C=O) groups is 1. The number of nitro groups is 1. The van der Waals surface area contributed by atoms with Gasteiger partial charge in [0.15, 0.2) is 6.29 Å². The number of aryl methyl sites for hydroxylation is 1. The summed E-state index contributed by atoms with van der Waals surface area (Å²) in [5.41, 5.74) is 3.99. The number of fused-ring (bicyclic) bond motifs is 1. The van der Waals surface area contributed by atoms with Gasteiger partial charge in [0.2, 0.25) is 0 Å². The molecule has 0 aliphatic carbocycles. The molecule has 1 N–H and O–H groups in total. The molecular formula is C16H12N2O3. The maximum atomic E-state index is 11.4. The Hall–Kier alpha value is -2.95. The van der Waals surface area contributed by atoms with Crippen LogP contribution in [0.3, 0.4) is 0 Å². The molecule has 0 spiro atoms. The third-order valence-electron chi connectivity index (χ3n) is 3.57. The SMILES string of the molecule is Cc1cccc2c(C=O)c(-c3ccc([N+](=O)[O-])cc3)[nH]c12. The molecule has 0 radical (unpaired) electrons. The van der Waals surface area contributed by atoms with Crippen LogP contribution < -0.4 is 0 Å². The molecule has 5 heteroatoms. The largest absolute Gasteiger partial charge is 0.354 e. The number of benzene rings is 2. The smallest absolute Gasteiger partial charge is 0.269 e. The summed E-state index contributed by atoms with van der Waals surface area (Å²) in [4.78, 5) is 24.9. The first-order chi connectivity index (χ1) is 10.1. The van der Waals surface area contributed by atoms with Crippen molar-refractivity contribution in [2.75, 3.05) is 0 Å². The number of hydrogen-bond acceptors (Lipinski definition) is 3. The van der Waals surface area contributed by atoms with E-state index in [2.05, 4.69) is 4.98 Å². The summed E-state index contributed by atoms with van der Waals surface area (Å²) in [6, 6.07) is 11.9. The minimum Gasteiger partial charge on any atom is -0.354 e. The molecule has 0 atom stereocenters. The summed E-state index contributed by atoms with van der Waals surface area (Å²) in [6.45, 7) is 1.97. The van der Waals surface area contributed by atoms with Crippen LogP contribution in [0.4, 0.5) is 5.69 Å². The second kappa shape index (κ2) is 4.86. The van der Waals surface area contributed by atoms with Gasteiger partial charge in [-0.1, -0.05) is 18.2 Å². The number of nitrogens with zero attached hydrogens (tertiary/aromatic N) is 1. The minimum absolute atomic E-state index is 0.0266. The maximum absolute atomic E-state index is 11.4. The number of hydrogen-bond donors (Lipinski definition) is 1. The van der Waals surface area contributed by atoms with E-state index in [1.54, 1.807) is 12.1 Å². The van der Waals surface area contributed by atoms with Gasteiger partial charge in [0.05, 0.1) is 10.6 Å². The third kappa shape index (κ3) is 2.08. The second-order valence-electron chi connectivity index (χ2n) is 4.83. The van der Waals surface area contributed by atoms with E-state index in [1.807, 2.05) is 25.1 Å². The van der Waals surface area contributed by atoms with E-state index in [0.29, 0.717) is 11.3 Å². The lowest BCUT2D eigenvalue weighted by atomic mass is 10.1. The van der Waals surface area contributed by atoms with Crippen LogP contribution in [0, 0.1) is 17.0 Å². The highest BCUT2D eigenvalue weighted by Gasteiger charge is 2.14. The first-order valence-corrected chi connectivity index (χ1v) is 6.43. The molecule has 2 aromatic carbocycles. The molecule has 3 rings (SSSR count). The van der Waals surface area contributed by atoms with Gasteiger partial charge in [-0.15, -0.1) is 0 Å².